The van der Waals surface area contributed by atoms with Gasteiger partial charge in [-0.2, -0.15) is 15.0 Å². The first-order valence-electron chi connectivity index (χ1n) is 14.3. The van der Waals surface area contributed by atoms with Gasteiger partial charge in [-0.05, 0) is 67.2 Å². The van der Waals surface area contributed by atoms with Crippen LogP contribution in [0.25, 0.3) is 12.2 Å². The summed E-state index contributed by atoms with van der Waals surface area (Å²) in [6.07, 6.45) is 5.97. The van der Waals surface area contributed by atoms with Gasteiger partial charge in [-0.1, -0.05) is 24.3 Å². The maximum atomic E-state index is 12.3. The summed E-state index contributed by atoms with van der Waals surface area (Å²) in [5.41, 5.74) is 3.57. The molecule has 0 aliphatic carbocycles. The van der Waals surface area contributed by atoms with E-state index in [1.165, 1.54) is 36.1 Å². The Morgan fingerprint density at radius 3 is 2.37 bits per heavy atom. The minimum atomic E-state index is -4.72. The van der Waals surface area contributed by atoms with E-state index >= 15 is 0 Å². The number of nitrogens with zero attached hydrogens (tertiary/aromatic N) is 5. The number of aromatic nitrogens is 4. The van der Waals surface area contributed by atoms with Gasteiger partial charge in [0, 0.05) is 25.7 Å². The third kappa shape index (κ3) is 10.3. The topological polar surface area (TPSA) is 87.7 Å². The summed E-state index contributed by atoms with van der Waals surface area (Å²) in [5, 5.41) is 9.02. The van der Waals surface area contributed by atoms with E-state index in [1.807, 2.05) is 18.3 Å². The van der Waals surface area contributed by atoms with Crippen LogP contribution < -0.4 is 9.47 Å². The third-order valence-electron chi connectivity index (χ3n) is 6.86. The lowest BCUT2D eigenvalue weighted by molar-refractivity contribution is -0.274. The maximum Gasteiger partial charge on any atom is 0.573 e. The molecule has 12 heteroatoms. The fraction of sp³-hybridized carbons (Fsp3) is 0.387. The van der Waals surface area contributed by atoms with E-state index in [1.54, 1.807) is 16.9 Å². The summed E-state index contributed by atoms with van der Waals surface area (Å²) in [4.78, 5) is 8.53. The Kier molecular flexibility index (Phi) is 10.5. The first-order chi connectivity index (χ1) is 20.9. The van der Waals surface area contributed by atoms with Crippen molar-refractivity contribution in [3.8, 4) is 11.5 Å². The van der Waals surface area contributed by atoms with Crippen molar-refractivity contribution in [1.29, 1.82) is 0 Å². The number of aryl methyl sites for hydroxylation is 2. The first kappa shape index (κ1) is 30.3. The molecule has 4 aromatic rings. The lowest BCUT2D eigenvalue weighted by Gasteiger charge is -2.26. The summed E-state index contributed by atoms with van der Waals surface area (Å²) in [6.45, 7) is 5.53. The molecule has 0 bridgehead atoms. The monoisotopic (exact) mass is 597 g/mol. The molecule has 0 N–H and O–H groups in total. The molecule has 2 aromatic carbocycles. The van der Waals surface area contributed by atoms with Gasteiger partial charge in [-0.3, -0.25) is 4.90 Å². The van der Waals surface area contributed by atoms with Gasteiger partial charge >= 0.3 is 6.36 Å². The Hall–Kier alpha value is -4.16. The molecule has 0 amide bonds. The Balaban J connectivity index is 0.982. The van der Waals surface area contributed by atoms with Crippen LogP contribution in [-0.2, 0) is 30.7 Å². The highest BCUT2D eigenvalue weighted by Crippen LogP contribution is 2.23. The van der Waals surface area contributed by atoms with Crippen LogP contribution in [0.5, 0.6) is 11.5 Å². The van der Waals surface area contributed by atoms with Crippen LogP contribution in [0, 0.1) is 0 Å². The maximum absolute atomic E-state index is 12.3. The molecule has 228 valence electrons. The lowest BCUT2D eigenvalue weighted by atomic mass is 10.1. The zero-order valence-corrected chi connectivity index (χ0v) is 23.7. The van der Waals surface area contributed by atoms with Crippen LogP contribution in [-0.4, -0.2) is 64.1 Å². The number of benzene rings is 2. The van der Waals surface area contributed by atoms with Crippen molar-refractivity contribution >= 4 is 12.2 Å². The number of ether oxygens (including phenoxy) is 3. The van der Waals surface area contributed by atoms with E-state index in [4.69, 9.17) is 13.9 Å². The fourth-order valence-electron chi connectivity index (χ4n) is 4.57. The highest BCUT2D eigenvalue weighted by Gasteiger charge is 2.30. The molecule has 5 rings (SSSR count). The summed E-state index contributed by atoms with van der Waals surface area (Å²) in [7, 11) is 0. The number of halogens is 3. The zero-order valence-electron chi connectivity index (χ0n) is 23.7. The SMILES string of the molecule is FC(F)(F)Oc1ccc(C=Cc2nc(COc3ccc(CCCCc4cnn(CCN5CCOCC5)n4)cc3)co2)cc1. The molecule has 1 saturated heterocycles. The van der Waals surface area contributed by atoms with Gasteiger partial charge in [-0.15, -0.1) is 13.2 Å². The van der Waals surface area contributed by atoms with Crippen LogP contribution in [0.1, 0.15) is 41.2 Å². The average Bonchev–Trinajstić information content (AvgIpc) is 3.67. The van der Waals surface area contributed by atoms with Crippen molar-refractivity contribution < 1.29 is 31.8 Å². The smallest absolute Gasteiger partial charge is 0.487 e. The van der Waals surface area contributed by atoms with E-state index in [2.05, 4.69) is 37.0 Å². The molecule has 43 heavy (non-hydrogen) atoms. The van der Waals surface area contributed by atoms with Crippen molar-refractivity contribution in [3.05, 3.63) is 89.4 Å². The number of hydrogen-bond donors (Lipinski definition) is 0. The molecular formula is C31H34F3N5O4. The third-order valence-corrected chi connectivity index (χ3v) is 6.86. The van der Waals surface area contributed by atoms with Crippen LogP contribution in [0.15, 0.2) is 65.4 Å². The zero-order chi connectivity index (χ0) is 29.9. The second-order valence-corrected chi connectivity index (χ2v) is 10.2. The van der Waals surface area contributed by atoms with Crippen LogP contribution in [0.3, 0.4) is 0 Å². The molecule has 1 aliphatic rings. The van der Waals surface area contributed by atoms with E-state index in [0.29, 0.717) is 17.1 Å². The van der Waals surface area contributed by atoms with Crippen molar-refractivity contribution in [2.24, 2.45) is 0 Å². The van der Waals surface area contributed by atoms with E-state index in [-0.39, 0.29) is 12.4 Å². The Labute approximate surface area is 247 Å². The van der Waals surface area contributed by atoms with Gasteiger partial charge < -0.3 is 18.6 Å². The predicted octanol–water partition coefficient (Wildman–Crippen LogP) is 5.81. The quantitative estimate of drug-likeness (QED) is 0.168. The van der Waals surface area contributed by atoms with E-state index in [0.717, 1.165) is 76.5 Å². The molecule has 2 aromatic heterocycles. The molecule has 1 fully saturated rings. The highest BCUT2D eigenvalue weighted by molar-refractivity contribution is 5.66. The minimum Gasteiger partial charge on any atom is -0.487 e. The second-order valence-electron chi connectivity index (χ2n) is 10.2. The molecule has 0 atom stereocenters. The number of morpholine rings is 1. The molecular weight excluding hydrogens is 563 g/mol. The van der Waals surface area contributed by atoms with E-state index < -0.39 is 6.36 Å². The van der Waals surface area contributed by atoms with Gasteiger partial charge in [-0.25, -0.2) is 4.98 Å². The molecule has 0 unspecified atom stereocenters. The average molecular weight is 598 g/mol. The highest BCUT2D eigenvalue weighted by atomic mass is 19.4. The molecule has 3 heterocycles. The largest absolute Gasteiger partial charge is 0.573 e. The van der Waals surface area contributed by atoms with Gasteiger partial charge in [0.1, 0.15) is 30.1 Å². The van der Waals surface area contributed by atoms with Crippen molar-refractivity contribution in [2.75, 3.05) is 32.8 Å². The van der Waals surface area contributed by atoms with E-state index in [9.17, 15) is 13.2 Å². The van der Waals surface area contributed by atoms with Crippen LogP contribution in [0.2, 0.25) is 0 Å². The number of unbranched alkanes of at least 4 members (excludes halogenated alkanes) is 1. The van der Waals surface area contributed by atoms with Gasteiger partial charge in [0.2, 0.25) is 5.89 Å². The Morgan fingerprint density at radius 1 is 0.860 bits per heavy atom. The summed E-state index contributed by atoms with van der Waals surface area (Å²) < 4.78 is 57.4. The van der Waals surface area contributed by atoms with Crippen molar-refractivity contribution in [2.45, 2.75) is 45.2 Å². The summed E-state index contributed by atoms with van der Waals surface area (Å²) in [6, 6.07) is 13.5. The van der Waals surface area contributed by atoms with Gasteiger partial charge in [0.05, 0.1) is 31.6 Å². The predicted molar refractivity (Wildman–Crippen MR) is 153 cm³/mol. The molecule has 0 spiro atoms. The summed E-state index contributed by atoms with van der Waals surface area (Å²) >= 11 is 0. The molecule has 1 aliphatic heterocycles. The van der Waals surface area contributed by atoms with Crippen LogP contribution >= 0.6 is 0 Å². The van der Waals surface area contributed by atoms with Crippen molar-refractivity contribution in [3.63, 3.8) is 0 Å². The number of rotatable bonds is 14. The number of alkyl halides is 3. The lowest BCUT2D eigenvalue weighted by Crippen LogP contribution is -2.38. The van der Waals surface area contributed by atoms with Crippen LogP contribution in [0.4, 0.5) is 13.2 Å². The molecule has 0 saturated carbocycles. The first-order valence-corrected chi connectivity index (χ1v) is 14.3. The second kappa shape index (κ2) is 14.8. The normalized spacial score (nSPS) is 14.4. The summed E-state index contributed by atoms with van der Waals surface area (Å²) in [5.74, 6) is 0.819. The fourth-order valence-corrected chi connectivity index (χ4v) is 4.57. The Morgan fingerprint density at radius 2 is 1.60 bits per heavy atom. The molecule has 9 nitrogen and oxygen atoms in total. The standard InChI is InChI=1S/C31H34F3N5O4/c32-31(33,34)43-29-12-7-25(8-13-29)9-14-30-36-27(23-42-30)22-41-28-10-5-24(6-11-28)3-1-2-4-26-21-35-39(37-26)16-15-38-17-19-40-20-18-38/h5-14,21,23H,1-4,15-20,22H2. The van der Waals surface area contributed by atoms with Crippen molar-refractivity contribution in [1.82, 2.24) is 24.9 Å². The number of oxazole rings is 1. The minimum absolute atomic E-state index is 0.243. The molecule has 0 radical (unpaired) electrons. The Bertz CT molecular complexity index is 1430. The van der Waals surface area contributed by atoms with Gasteiger partial charge in [0.25, 0.3) is 0 Å². The number of hydrogen-bond acceptors (Lipinski definition) is 8. The van der Waals surface area contributed by atoms with Gasteiger partial charge in [0.15, 0.2) is 0 Å².